The molecule has 1 atom stereocenters. The Labute approximate surface area is 129 Å². The Balaban J connectivity index is 2.11. The first kappa shape index (κ1) is 15.5. The van der Waals surface area contributed by atoms with E-state index in [1.54, 1.807) is 0 Å². The molecule has 1 aliphatic heterocycles. The van der Waals surface area contributed by atoms with Crippen molar-refractivity contribution < 1.29 is 0 Å². The Morgan fingerprint density at radius 3 is 2.85 bits per heavy atom. The summed E-state index contributed by atoms with van der Waals surface area (Å²) in [7, 11) is 0. The highest BCUT2D eigenvalue weighted by Crippen LogP contribution is 2.26. The van der Waals surface area contributed by atoms with Crippen LogP contribution < -0.4 is 10.2 Å². The minimum atomic E-state index is 0.558. The van der Waals surface area contributed by atoms with Gasteiger partial charge in [-0.2, -0.15) is 4.98 Å². The average Bonchev–Trinajstić information content (AvgIpc) is 2.46. The minimum Gasteiger partial charge on any atom is -0.354 e. The first-order chi connectivity index (χ1) is 9.65. The fourth-order valence-corrected chi connectivity index (χ4v) is 3.00. The zero-order valence-corrected chi connectivity index (χ0v) is 14.2. The lowest BCUT2D eigenvalue weighted by atomic mass is 10.2. The number of nitrogens with zero attached hydrogens (tertiary/aromatic N) is 4. The summed E-state index contributed by atoms with van der Waals surface area (Å²) < 4.78 is 0.969. The fourth-order valence-electron chi connectivity index (χ4n) is 2.56. The van der Waals surface area contributed by atoms with Gasteiger partial charge in [-0.25, -0.2) is 4.98 Å². The maximum Gasteiger partial charge on any atom is 0.224 e. The van der Waals surface area contributed by atoms with E-state index in [-0.39, 0.29) is 0 Å². The zero-order valence-electron chi connectivity index (χ0n) is 12.6. The third-order valence-electron chi connectivity index (χ3n) is 3.73. The van der Waals surface area contributed by atoms with Crippen LogP contribution in [0.4, 0.5) is 11.8 Å². The Bertz CT molecular complexity index is 440. The number of nitrogens with one attached hydrogen (secondary N) is 1. The Morgan fingerprint density at radius 2 is 2.20 bits per heavy atom. The number of anilines is 2. The summed E-state index contributed by atoms with van der Waals surface area (Å²) in [6.07, 6.45) is 2.91. The summed E-state index contributed by atoms with van der Waals surface area (Å²) in [4.78, 5) is 13.8. The van der Waals surface area contributed by atoms with Crippen molar-refractivity contribution in [3.63, 3.8) is 0 Å². The molecule has 1 aromatic rings. The lowest BCUT2D eigenvalue weighted by Gasteiger charge is -2.40. The Morgan fingerprint density at radius 1 is 1.40 bits per heavy atom. The van der Waals surface area contributed by atoms with Gasteiger partial charge in [0.2, 0.25) is 5.95 Å². The molecule has 0 saturated carbocycles. The molecule has 2 rings (SSSR count). The van der Waals surface area contributed by atoms with Crippen molar-refractivity contribution in [2.24, 2.45) is 0 Å². The first-order valence-electron chi connectivity index (χ1n) is 7.41. The molecule has 0 aliphatic carbocycles. The molecule has 0 radical (unpaired) electrons. The van der Waals surface area contributed by atoms with Crippen molar-refractivity contribution in [2.75, 3.05) is 42.9 Å². The molecule has 112 valence electrons. The molecule has 20 heavy (non-hydrogen) atoms. The molecule has 6 heteroatoms. The molecule has 0 spiro atoms. The van der Waals surface area contributed by atoms with Gasteiger partial charge in [-0.1, -0.05) is 13.8 Å². The van der Waals surface area contributed by atoms with Crippen LogP contribution in [0.15, 0.2) is 10.7 Å². The fraction of sp³-hybridized carbons (Fsp3) is 0.714. The molecule has 1 saturated heterocycles. The van der Waals surface area contributed by atoms with Crippen LogP contribution >= 0.6 is 15.9 Å². The molecule has 0 aromatic carbocycles. The lowest BCUT2D eigenvalue weighted by molar-refractivity contribution is 0.199. The van der Waals surface area contributed by atoms with Crippen LogP contribution in [0, 0.1) is 0 Å². The minimum absolute atomic E-state index is 0.558. The van der Waals surface area contributed by atoms with Crippen molar-refractivity contribution in [1.29, 1.82) is 0 Å². The van der Waals surface area contributed by atoms with Gasteiger partial charge in [-0.05, 0) is 35.8 Å². The van der Waals surface area contributed by atoms with E-state index in [1.165, 1.54) is 0 Å². The molecule has 5 nitrogen and oxygen atoms in total. The van der Waals surface area contributed by atoms with Gasteiger partial charge in [-0.3, -0.25) is 4.90 Å². The first-order valence-corrected chi connectivity index (χ1v) is 8.20. The van der Waals surface area contributed by atoms with E-state index in [2.05, 4.69) is 61.8 Å². The third kappa shape index (κ3) is 3.61. The van der Waals surface area contributed by atoms with E-state index >= 15 is 0 Å². The van der Waals surface area contributed by atoms with Gasteiger partial charge in [0.05, 0.1) is 4.47 Å². The van der Waals surface area contributed by atoms with Gasteiger partial charge < -0.3 is 10.2 Å². The van der Waals surface area contributed by atoms with E-state index in [0.717, 1.165) is 55.4 Å². The van der Waals surface area contributed by atoms with Gasteiger partial charge in [0.1, 0.15) is 5.82 Å². The van der Waals surface area contributed by atoms with Crippen molar-refractivity contribution >= 4 is 27.7 Å². The molecule has 1 aliphatic rings. The summed E-state index contributed by atoms with van der Waals surface area (Å²) in [5.74, 6) is 1.72. The normalized spacial score (nSPS) is 20.2. The summed E-state index contributed by atoms with van der Waals surface area (Å²) in [6, 6.07) is 0.558. The predicted octanol–water partition coefficient (Wildman–Crippen LogP) is 2.59. The highest BCUT2D eigenvalue weighted by molar-refractivity contribution is 9.10. The molecule has 1 unspecified atom stereocenters. The standard InChI is InChI=1S/C14H24BrN5/c1-4-6-16-14-17-9-12(15)13(18-14)20-8-7-19(5-2)11(3)10-20/h9,11H,4-8,10H2,1-3H3,(H,16,17,18). The lowest BCUT2D eigenvalue weighted by Crippen LogP contribution is -2.52. The van der Waals surface area contributed by atoms with E-state index < -0.39 is 0 Å². The summed E-state index contributed by atoms with van der Waals surface area (Å²) in [5.41, 5.74) is 0. The van der Waals surface area contributed by atoms with E-state index in [9.17, 15) is 0 Å². The van der Waals surface area contributed by atoms with Crippen LogP contribution in [0.3, 0.4) is 0 Å². The number of hydrogen-bond donors (Lipinski definition) is 1. The number of hydrogen-bond acceptors (Lipinski definition) is 5. The SMILES string of the molecule is CCCNc1ncc(Br)c(N2CCN(CC)C(C)C2)n1. The van der Waals surface area contributed by atoms with Crippen molar-refractivity contribution in [3.05, 3.63) is 10.7 Å². The van der Waals surface area contributed by atoms with Crippen LogP contribution in [0.1, 0.15) is 27.2 Å². The average molecular weight is 342 g/mol. The van der Waals surface area contributed by atoms with Crippen LogP contribution in [0.25, 0.3) is 0 Å². The monoisotopic (exact) mass is 341 g/mol. The van der Waals surface area contributed by atoms with Crippen molar-refractivity contribution in [3.8, 4) is 0 Å². The van der Waals surface area contributed by atoms with Crippen LogP contribution in [-0.4, -0.2) is 53.6 Å². The molecule has 1 aromatic heterocycles. The molecule has 0 amide bonds. The van der Waals surface area contributed by atoms with Crippen LogP contribution in [0.5, 0.6) is 0 Å². The number of rotatable bonds is 5. The van der Waals surface area contributed by atoms with E-state index in [1.807, 2.05) is 6.20 Å². The summed E-state index contributed by atoms with van der Waals surface area (Å²) in [6.45, 7) is 11.8. The largest absolute Gasteiger partial charge is 0.354 e. The van der Waals surface area contributed by atoms with Crippen molar-refractivity contribution in [2.45, 2.75) is 33.2 Å². The smallest absolute Gasteiger partial charge is 0.224 e. The summed E-state index contributed by atoms with van der Waals surface area (Å²) in [5, 5.41) is 3.25. The Hall–Kier alpha value is -0.880. The number of halogens is 1. The van der Waals surface area contributed by atoms with Crippen LogP contribution in [-0.2, 0) is 0 Å². The number of likely N-dealkylation sites (N-methyl/N-ethyl adjacent to an activating group) is 1. The number of piperazine rings is 1. The van der Waals surface area contributed by atoms with E-state index in [4.69, 9.17) is 0 Å². The number of aromatic nitrogens is 2. The van der Waals surface area contributed by atoms with E-state index in [0.29, 0.717) is 6.04 Å². The topological polar surface area (TPSA) is 44.3 Å². The van der Waals surface area contributed by atoms with Gasteiger partial charge in [-0.15, -0.1) is 0 Å². The molecular weight excluding hydrogens is 318 g/mol. The maximum atomic E-state index is 4.66. The zero-order chi connectivity index (χ0) is 14.5. The molecule has 2 heterocycles. The second kappa shape index (κ2) is 7.22. The maximum absolute atomic E-state index is 4.66. The second-order valence-electron chi connectivity index (χ2n) is 5.22. The van der Waals surface area contributed by atoms with Crippen molar-refractivity contribution in [1.82, 2.24) is 14.9 Å². The molecule has 0 bridgehead atoms. The second-order valence-corrected chi connectivity index (χ2v) is 6.07. The van der Waals surface area contributed by atoms with Gasteiger partial charge in [0, 0.05) is 38.4 Å². The third-order valence-corrected chi connectivity index (χ3v) is 4.29. The van der Waals surface area contributed by atoms with Crippen LogP contribution in [0.2, 0.25) is 0 Å². The predicted molar refractivity (Wildman–Crippen MR) is 87.4 cm³/mol. The molecule has 1 N–H and O–H groups in total. The highest BCUT2D eigenvalue weighted by atomic mass is 79.9. The van der Waals surface area contributed by atoms with Gasteiger partial charge >= 0.3 is 0 Å². The molecular formula is C14H24BrN5. The summed E-state index contributed by atoms with van der Waals surface area (Å²) >= 11 is 3.58. The Kier molecular flexibility index (Phi) is 5.60. The van der Waals surface area contributed by atoms with Gasteiger partial charge in [0.15, 0.2) is 0 Å². The highest BCUT2D eigenvalue weighted by Gasteiger charge is 2.24. The quantitative estimate of drug-likeness (QED) is 0.891. The van der Waals surface area contributed by atoms with Gasteiger partial charge in [0.25, 0.3) is 0 Å². The molecule has 1 fully saturated rings.